The van der Waals surface area contributed by atoms with Crippen LogP contribution in [0.2, 0.25) is 0 Å². The molecule has 114 valence electrons. The molecule has 0 fully saturated rings. The highest BCUT2D eigenvalue weighted by atomic mass is 19.1. The molecule has 0 saturated carbocycles. The fourth-order valence-electron chi connectivity index (χ4n) is 2.39. The second-order valence-electron chi connectivity index (χ2n) is 6.01. The number of rotatable bonds is 8. The molecule has 20 heavy (non-hydrogen) atoms. The van der Waals surface area contributed by atoms with Gasteiger partial charge in [-0.2, -0.15) is 0 Å². The molecular formula is C17H29FN2. The zero-order valence-electron chi connectivity index (χ0n) is 13.5. The molecule has 1 N–H and O–H groups in total. The third kappa shape index (κ3) is 4.78. The first-order valence-corrected chi connectivity index (χ1v) is 7.68. The maximum atomic E-state index is 14.1. The van der Waals surface area contributed by atoms with Crippen molar-refractivity contribution in [3.63, 3.8) is 0 Å². The topological polar surface area (TPSA) is 15.3 Å². The number of anilines is 1. The summed E-state index contributed by atoms with van der Waals surface area (Å²) in [4.78, 5) is 2.19. The number of nitrogens with zero attached hydrogens (tertiary/aromatic N) is 1. The van der Waals surface area contributed by atoms with Crippen molar-refractivity contribution in [1.29, 1.82) is 0 Å². The Morgan fingerprint density at radius 1 is 1.25 bits per heavy atom. The van der Waals surface area contributed by atoms with Crippen molar-refractivity contribution in [1.82, 2.24) is 5.32 Å². The monoisotopic (exact) mass is 280 g/mol. The summed E-state index contributed by atoms with van der Waals surface area (Å²) < 4.78 is 14.1. The average Bonchev–Trinajstić information content (AvgIpc) is 2.39. The molecule has 0 aliphatic rings. The van der Waals surface area contributed by atoms with Crippen LogP contribution in [0.25, 0.3) is 0 Å². The zero-order chi connectivity index (χ0) is 15.1. The molecule has 0 aromatic heterocycles. The standard InChI is InChI=1S/C17H29FN2/c1-6-8-14(4)20(5)17-10-7-9-16(18)15(17)12-19-11-13(2)3/h7,9-10,13-14,19H,6,8,11-12H2,1-5H3. The predicted octanol–water partition coefficient (Wildman–Crippen LogP) is 4.20. The van der Waals surface area contributed by atoms with Crippen LogP contribution in [-0.2, 0) is 6.54 Å². The quantitative estimate of drug-likeness (QED) is 0.768. The lowest BCUT2D eigenvalue weighted by molar-refractivity contribution is 0.532. The largest absolute Gasteiger partial charge is 0.372 e. The van der Waals surface area contributed by atoms with E-state index < -0.39 is 0 Å². The number of halogens is 1. The van der Waals surface area contributed by atoms with E-state index in [9.17, 15) is 4.39 Å². The average molecular weight is 280 g/mol. The fourth-order valence-corrected chi connectivity index (χ4v) is 2.39. The SMILES string of the molecule is CCCC(C)N(C)c1cccc(F)c1CNCC(C)C. The van der Waals surface area contributed by atoms with Gasteiger partial charge in [0.1, 0.15) is 5.82 Å². The summed E-state index contributed by atoms with van der Waals surface area (Å²) in [6, 6.07) is 5.78. The number of hydrogen-bond donors (Lipinski definition) is 1. The van der Waals surface area contributed by atoms with Crippen molar-refractivity contribution < 1.29 is 4.39 Å². The Hall–Kier alpha value is -1.09. The fraction of sp³-hybridized carbons (Fsp3) is 0.647. The van der Waals surface area contributed by atoms with Gasteiger partial charge in [-0.25, -0.2) is 4.39 Å². The van der Waals surface area contributed by atoms with Crippen LogP contribution in [0.5, 0.6) is 0 Å². The van der Waals surface area contributed by atoms with Gasteiger partial charge in [0, 0.05) is 30.9 Å². The van der Waals surface area contributed by atoms with Gasteiger partial charge in [0.2, 0.25) is 0 Å². The Labute approximate surface area is 123 Å². The molecule has 1 atom stereocenters. The molecule has 3 heteroatoms. The first-order chi connectivity index (χ1) is 9.47. The lowest BCUT2D eigenvalue weighted by Gasteiger charge is -2.29. The van der Waals surface area contributed by atoms with Crippen molar-refractivity contribution in [2.45, 2.75) is 53.1 Å². The van der Waals surface area contributed by atoms with Crippen LogP contribution in [0.3, 0.4) is 0 Å². The molecule has 1 aromatic carbocycles. The normalized spacial score (nSPS) is 12.8. The minimum Gasteiger partial charge on any atom is -0.372 e. The summed E-state index contributed by atoms with van der Waals surface area (Å²) >= 11 is 0. The molecule has 0 heterocycles. The van der Waals surface area contributed by atoms with Crippen LogP contribution in [0, 0.1) is 11.7 Å². The minimum atomic E-state index is -0.116. The molecule has 0 bridgehead atoms. The van der Waals surface area contributed by atoms with Crippen molar-refractivity contribution >= 4 is 5.69 Å². The van der Waals surface area contributed by atoms with Crippen molar-refractivity contribution in [2.24, 2.45) is 5.92 Å². The second kappa shape index (κ2) is 8.25. The smallest absolute Gasteiger partial charge is 0.129 e. The lowest BCUT2D eigenvalue weighted by atomic mass is 10.1. The molecule has 0 aliphatic heterocycles. The van der Waals surface area contributed by atoms with Crippen LogP contribution in [0.15, 0.2) is 18.2 Å². The van der Waals surface area contributed by atoms with Gasteiger partial charge in [0.15, 0.2) is 0 Å². The molecule has 0 amide bonds. The third-order valence-electron chi connectivity index (χ3n) is 3.70. The van der Waals surface area contributed by atoms with E-state index in [0.29, 0.717) is 18.5 Å². The molecule has 0 saturated heterocycles. The van der Waals surface area contributed by atoms with Gasteiger partial charge in [-0.1, -0.05) is 33.3 Å². The molecule has 1 rings (SSSR count). The first-order valence-electron chi connectivity index (χ1n) is 7.68. The predicted molar refractivity (Wildman–Crippen MR) is 85.7 cm³/mol. The second-order valence-corrected chi connectivity index (χ2v) is 6.01. The molecule has 0 spiro atoms. The maximum absolute atomic E-state index is 14.1. The van der Waals surface area contributed by atoms with Crippen LogP contribution >= 0.6 is 0 Å². The molecule has 0 radical (unpaired) electrons. The summed E-state index contributed by atoms with van der Waals surface area (Å²) in [5, 5.41) is 3.34. The minimum absolute atomic E-state index is 0.116. The van der Waals surface area contributed by atoms with Crippen LogP contribution in [0.1, 0.15) is 46.1 Å². The van der Waals surface area contributed by atoms with Gasteiger partial charge in [0.05, 0.1) is 0 Å². The van der Waals surface area contributed by atoms with Crippen molar-refractivity contribution in [3.05, 3.63) is 29.6 Å². The molecular weight excluding hydrogens is 251 g/mol. The Morgan fingerprint density at radius 2 is 1.95 bits per heavy atom. The molecule has 1 aromatic rings. The van der Waals surface area contributed by atoms with E-state index in [4.69, 9.17) is 0 Å². The van der Waals surface area contributed by atoms with E-state index in [1.54, 1.807) is 12.1 Å². The van der Waals surface area contributed by atoms with E-state index in [1.807, 2.05) is 6.07 Å². The van der Waals surface area contributed by atoms with Gasteiger partial charge in [-0.15, -0.1) is 0 Å². The van der Waals surface area contributed by atoms with Crippen molar-refractivity contribution in [3.8, 4) is 0 Å². The van der Waals surface area contributed by atoms with Crippen LogP contribution in [0.4, 0.5) is 10.1 Å². The molecule has 0 aliphatic carbocycles. The van der Waals surface area contributed by atoms with E-state index >= 15 is 0 Å². The van der Waals surface area contributed by atoms with E-state index in [1.165, 1.54) is 0 Å². The summed E-state index contributed by atoms with van der Waals surface area (Å²) in [6.07, 6.45) is 2.26. The van der Waals surface area contributed by atoms with E-state index in [2.05, 4.69) is 45.0 Å². The van der Waals surface area contributed by atoms with Gasteiger partial charge < -0.3 is 10.2 Å². The summed E-state index contributed by atoms with van der Waals surface area (Å²) in [5.41, 5.74) is 1.78. The molecule has 1 unspecified atom stereocenters. The van der Waals surface area contributed by atoms with Crippen LogP contribution < -0.4 is 10.2 Å². The van der Waals surface area contributed by atoms with Gasteiger partial charge in [0.25, 0.3) is 0 Å². The number of benzene rings is 1. The Bertz CT molecular complexity index is 404. The molecule has 2 nitrogen and oxygen atoms in total. The zero-order valence-corrected chi connectivity index (χ0v) is 13.5. The highest BCUT2D eigenvalue weighted by Gasteiger charge is 2.15. The van der Waals surface area contributed by atoms with Gasteiger partial charge in [-0.3, -0.25) is 0 Å². The van der Waals surface area contributed by atoms with E-state index in [0.717, 1.165) is 30.6 Å². The highest BCUT2D eigenvalue weighted by Crippen LogP contribution is 2.25. The Morgan fingerprint density at radius 3 is 2.55 bits per heavy atom. The third-order valence-corrected chi connectivity index (χ3v) is 3.70. The summed E-state index contributed by atoms with van der Waals surface area (Å²) in [7, 11) is 2.06. The van der Waals surface area contributed by atoms with Crippen molar-refractivity contribution in [2.75, 3.05) is 18.5 Å². The Kier molecular flexibility index (Phi) is 7.00. The number of nitrogens with one attached hydrogen (secondary N) is 1. The van der Waals surface area contributed by atoms with E-state index in [-0.39, 0.29) is 5.82 Å². The first kappa shape index (κ1) is 17.0. The lowest BCUT2D eigenvalue weighted by Crippen LogP contribution is -2.30. The highest BCUT2D eigenvalue weighted by molar-refractivity contribution is 5.54. The van der Waals surface area contributed by atoms with Gasteiger partial charge >= 0.3 is 0 Å². The maximum Gasteiger partial charge on any atom is 0.129 e. The summed E-state index contributed by atoms with van der Waals surface area (Å²) in [6.45, 7) is 10.2. The summed E-state index contributed by atoms with van der Waals surface area (Å²) in [5.74, 6) is 0.455. The van der Waals surface area contributed by atoms with Gasteiger partial charge in [-0.05, 0) is 37.9 Å². The number of hydrogen-bond acceptors (Lipinski definition) is 2. The Balaban J connectivity index is 2.86. The van der Waals surface area contributed by atoms with Crippen LogP contribution in [-0.4, -0.2) is 19.6 Å².